The van der Waals surface area contributed by atoms with E-state index >= 15 is 0 Å². The molecule has 5 heteroatoms. The zero-order valence-electron chi connectivity index (χ0n) is 10.5. The molecule has 1 aromatic heterocycles. The highest BCUT2D eigenvalue weighted by Crippen LogP contribution is 2.13. The zero-order chi connectivity index (χ0) is 12.8. The summed E-state index contributed by atoms with van der Waals surface area (Å²) in [5.74, 6) is -0.0779. The first-order valence-electron chi connectivity index (χ1n) is 5.79. The Morgan fingerprint density at radius 3 is 3.00 bits per heavy atom. The van der Waals surface area contributed by atoms with Crippen LogP contribution in [0.3, 0.4) is 0 Å². The van der Waals surface area contributed by atoms with E-state index in [-0.39, 0.29) is 5.91 Å². The van der Waals surface area contributed by atoms with Crippen molar-refractivity contribution in [3.05, 3.63) is 24.5 Å². The maximum Gasteiger partial charge on any atom is 0.274 e. The van der Waals surface area contributed by atoms with Crippen molar-refractivity contribution in [3.8, 4) is 0 Å². The van der Waals surface area contributed by atoms with Gasteiger partial charge in [0.2, 0.25) is 0 Å². The van der Waals surface area contributed by atoms with Crippen LogP contribution in [0.2, 0.25) is 0 Å². The lowest BCUT2D eigenvalue weighted by molar-refractivity contribution is 0.0782. The van der Waals surface area contributed by atoms with Gasteiger partial charge in [0.05, 0.1) is 11.9 Å². The molecule has 0 saturated heterocycles. The average molecular weight is 236 g/mol. The monoisotopic (exact) mass is 236 g/mol. The summed E-state index contributed by atoms with van der Waals surface area (Å²) in [6.45, 7) is 6.92. The van der Waals surface area contributed by atoms with Gasteiger partial charge in [-0.2, -0.15) is 5.10 Å². The predicted octanol–water partition coefficient (Wildman–Crippen LogP) is 1.52. The van der Waals surface area contributed by atoms with Crippen LogP contribution >= 0.6 is 0 Å². The van der Waals surface area contributed by atoms with Gasteiger partial charge in [-0.1, -0.05) is 6.08 Å². The molecule has 17 heavy (non-hydrogen) atoms. The van der Waals surface area contributed by atoms with E-state index in [1.807, 2.05) is 13.0 Å². The molecule has 1 rings (SSSR count). The first-order valence-corrected chi connectivity index (χ1v) is 5.79. The number of nitrogens with two attached hydrogens (primary N) is 1. The number of anilines is 1. The molecule has 0 aliphatic heterocycles. The minimum Gasteiger partial charge on any atom is -0.396 e. The molecule has 0 radical (unpaired) electrons. The molecule has 1 aromatic rings. The van der Waals surface area contributed by atoms with E-state index in [0.717, 1.165) is 12.8 Å². The maximum atomic E-state index is 12.2. The molecule has 0 bridgehead atoms. The molecule has 0 fully saturated rings. The van der Waals surface area contributed by atoms with Crippen molar-refractivity contribution in [2.75, 3.05) is 19.3 Å². The number of carbonyl (C=O) groups excluding carboxylic acids is 1. The van der Waals surface area contributed by atoms with Gasteiger partial charge in [0.15, 0.2) is 0 Å². The van der Waals surface area contributed by atoms with E-state index in [4.69, 9.17) is 5.73 Å². The normalized spacial score (nSPS) is 10.2. The first kappa shape index (κ1) is 13.3. The van der Waals surface area contributed by atoms with Crippen molar-refractivity contribution in [1.29, 1.82) is 0 Å². The van der Waals surface area contributed by atoms with Crippen LogP contribution in [0.4, 0.5) is 5.69 Å². The van der Waals surface area contributed by atoms with E-state index < -0.39 is 0 Å². The Labute approximate surface area is 102 Å². The summed E-state index contributed by atoms with van der Waals surface area (Å²) >= 11 is 0. The second kappa shape index (κ2) is 6.08. The van der Waals surface area contributed by atoms with Crippen LogP contribution in [0.25, 0.3) is 0 Å². The highest BCUT2D eigenvalue weighted by molar-refractivity contribution is 5.97. The lowest BCUT2D eigenvalue weighted by Gasteiger charge is -2.17. The maximum absolute atomic E-state index is 12.2. The SMILES string of the molecule is C=CCCCN(C)C(=O)c1c(N)cnn1CC. The third-order valence-electron chi connectivity index (χ3n) is 2.62. The number of unbranched alkanes of at least 4 members (excludes halogenated alkanes) is 1. The van der Waals surface area contributed by atoms with Crippen LogP contribution in [0.15, 0.2) is 18.9 Å². The molecule has 2 N–H and O–H groups in total. The smallest absolute Gasteiger partial charge is 0.274 e. The van der Waals surface area contributed by atoms with E-state index in [2.05, 4.69) is 11.7 Å². The number of nitrogens with zero attached hydrogens (tertiary/aromatic N) is 3. The number of amides is 1. The lowest BCUT2D eigenvalue weighted by atomic mass is 10.2. The third kappa shape index (κ3) is 3.09. The Kier molecular flexibility index (Phi) is 4.75. The van der Waals surface area contributed by atoms with E-state index in [0.29, 0.717) is 24.5 Å². The van der Waals surface area contributed by atoms with Crippen LogP contribution in [0.5, 0.6) is 0 Å². The molecular weight excluding hydrogens is 216 g/mol. The Hall–Kier alpha value is -1.78. The number of hydrogen-bond donors (Lipinski definition) is 1. The summed E-state index contributed by atoms with van der Waals surface area (Å²) in [5.41, 5.74) is 6.68. The van der Waals surface area contributed by atoms with Gasteiger partial charge in [0, 0.05) is 20.1 Å². The zero-order valence-corrected chi connectivity index (χ0v) is 10.5. The first-order chi connectivity index (χ1) is 8.11. The lowest BCUT2D eigenvalue weighted by Crippen LogP contribution is -2.30. The largest absolute Gasteiger partial charge is 0.396 e. The molecule has 0 aliphatic rings. The van der Waals surface area contributed by atoms with E-state index in [1.54, 1.807) is 16.6 Å². The molecule has 1 heterocycles. The number of aromatic nitrogens is 2. The highest BCUT2D eigenvalue weighted by atomic mass is 16.2. The summed E-state index contributed by atoms with van der Waals surface area (Å²) < 4.78 is 1.63. The molecule has 0 spiro atoms. The van der Waals surface area contributed by atoms with Crippen LogP contribution in [-0.4, -0.2) is 34.2 Å². The predicted molar refractivity (Wildman–Crippen MR) is 68.7 cm³/mol. The van der Waals surface area contributed by atoms with Crippen molar-refractivity contribution >= 4 is 11.6 Å². The van der Waals surface area contributed by atoms with Crippen molar-refractivity contribution in [2.24, 2.45) is 0 Å². The molecule has 0 aromatic carbocycles. The number of nitrogen functional groups attached to an aromatic ring is 1. The van der Waals surface area contributed by atoms with E-state index in [1.165, 1.54) is 6.20 Å². The molecule has 0 atom stereocenters. The second-order valence-corrected chi connectivity index (χ2v) is 3.92. The van der Waals surface area contributed by atoms with Gasteiger partial charge in [-0.05, 0) is 19.8 Å². The number of hydrogen-bond acceptors (Lipinski definition) is 3. The van der Waals surface area contributed by atoms with Gasteiger partial charge < -0.3 is 10.6 Å². The van der Waals surface area contributed by atoms with Crippen molar-refractivity contribution in [1.82, 2.24) is 14.7 Å². The van der Waals surface area contributed by atoms with Gasteiger partial charge in [-0.3, -0.25) is 9.48 Å². The number of carbonyl (C=O) groups is 1. The van der Waals surface area contributed by atoms with Crippen LogP contribution < -0.4 is 5.73 Å². The standard InChI is InChI=1S/C12H20N4O/c1-4-6-7-8-15(3)12(17)11-10(13)9-14-16(11)5-2/h4,9H,1,5-8,13H2,2-3H3. The second-order valence-electron chi connectivity index (χ2n) is 3.92. The van der Waals surface area contributed by atoms with Gasteiger partial charge >= 0.3 is 0 Å². The van der Waals surface area contributed by atoms with Gasteiger partial charge in [0.1, 0.15) is 5.69 Å². The molecule has 94 valence electrons. The summed E-state index contributed by atoms with van der Waals surface area (Å²) in [6, 6.07) is 0. The number of aryl methyl sites for hydroxylation is 1. The Bertz CT molecular complexity index is 397. The summed E-state index contributed by atoms with van der Waals surface area (Å²) in [5, 5.41) is 4.06. The van der Waals surface area contributed by atoms with Gasteiger partial charge in [0.25, 0.3) is 5.91 Å². The molecule has 0 aliphatic carbocycles. The third-order valence-corrected chi connectivity index (χ3v) is 2.62. The Morgan fingerprint density at radius 2 is 2.41 bits per heavy atom. The van der Waals surface area contributed by atoms with Gasteiger partial charge in [-0.15, -0.1) is 6.58 Å². The minimum atomic E-state index is -0.0779. The molecule has 1 amide bonds. The quantitative estimate of drug-likeness (QED) is 0.601. The minimum absolute atomic E-state index is 0.0779. The molecule has 0 saturated carbocycles. The van der Waals surface area contributed by atoms with Crippen LogP contribution in [0.1, 0.15) is 30.3 Å². The summed E-state index contributed by atoms with van der Waals surface area (Å²) in [6.07, 6.45) is 5.18. The molecule has 0 unspecified atom stereocenters. The van der Waals surface area contributed by atoms with Crippen LogP contribution in [0, 0.1) is 0 Å². The molecular formula is C12H20N4O. The Balaban J connectivity index is 2.73. The van der Waals surface area contributed by atoms with Crippen LogP contribution in [-0.2, 0) is 6.54 Å². The van der Waals surface area contributed by atoms with Gasteiger partial charge in [-0.25, -0.2) is 0 Å². The fourth-order valence-electron chi connectivity index (χ4n) is 1.63. The average Bonchev–Trinajstić information content (AvgIpc) is 2.69. The van der Waals surface area contributed by atoms with E-state index in [9.17, 15) is 4.79 Å². The van der Waals surface area contributed by atoms with Crippen molar-refractivity contribution in [2.45, 2.75) is 26.3 Å². The van der Waals surface area contributed by atoms with Crippen molar-refractivity contribution in [3.63, 3.8) is 0 Å². The topological polar surface area (TPSA) is 64.2 Å². The fourth-order valence-corrected chi connectivity index (χ4v) is 1.63. The number of rotatable bonds is 6. The van der Waals surface area contributed by atoms with Crippen molar-refractivity contribution < 1.29 is 4.79 Å². The summed E-state index contributed by atoms with van der Waals surface area (Å²) in [7, 11) is 1.78. The fraction of sp³-hybridized carbons (Fsp3) is 0.500. The summed E-state index contributed by atoms with van der Waals surface area (Å²) in [4.78, 5) is 13.8. The number of allylic oxidation sites excluding steroid dienone is 1. The Morgan fingerprint density at radius 1 is 1.71 bits per heavy atom. The molecule has 5 nitrogen and oxygen atoms in total. The highest BCUT2D eigenvalue weighted by Gasteiger charge is 2.19.